The first-order chi connectivity index (χ1) is 13.0. The Bertz CT molecular complexity index is 789. The van der Waals surface area contributed by atoms with Gasteiger partial charge in [-0.2, -0.15) is 0 Å². The molecule has 1 aromatic heterocycles. The van der Waals surface area contributed by atoms with Crippen molar-refractivity contribution in [1.82, 2.24) is 9.80 Å². The van der Waals surface area contributed by atoms with E-state index in [-0.39, 0.29) is 11.9 Å². The number of carbonyl (C=O) groups is 1. The van der Waals surface area contributed by atoms with Crippen molar-refractivity contribution in [3.63, 3.8) is 0 Å². The Labute approximate surface area is 165 Å². The molecular formula is C21H28N2O3S. The number of likely N-dealkylation sites (N-methyl/N-ethyl adjacent to an activating group) is 1. The lowest BCUT2D eigenvalue weighted by molar-refractivity contribution is -0.134. The maximum Gasteiger partial charge on any atom is 0.237 e. The van der Waals surface area contributed by atoms with Crippen molar-refractivity contribution in [2.75, 3.05) is 34.4 Å². The van der Waals surface area contributed by atoms with Crippen molar-refractivity contribution in [2.24, 2.45) is 0 Å². The van der Waals surface area contributed by atoms with Crippen LogP contribution in [0.3, 0.4) is 0 Å². The number of amides is 1. The molecule has 1 aromatic carbocycles. The zero-order valence-electron chi connectivity index (χ0n) is 16.7. The number of hydrogen-bond acceptors (Lipinski definition) is 5. The number of carbonyl (C=O) groups excluding carboxylic acids is 1. The Morgan fingerprint density at radius 2 is 2.00 bits per heavy atom. The summed E-state index contributed by atoms with van der Waals surface area (Å²) in [5, 5.41) is 2.06. The third-order valence-corrected chi connectivity index (χ3v) is 6.20. The molecule has 0 fully saturated rings. The van der Waals surface area contributed by atoms with Gasteiger partial charge < -0.3 is 14.4 Å². The minimum absolute atomic E-state index is 0.0818. The molecule has 27 heavy (non-hydrogen) atoms. The zero-order valence-corrected chi connectivity index (χ0v) is 17.5. The Balaban J connectivity index is 2.01. The van der Waals surface area contributed by atoms with E-state index in [4.69, 9.17) is 9.47 Å². The highest BCUT2D eigenvalue weighted by molar-refractivity contribution is 7.10. The van der Waals surface area contributed by atoms with E-state index in [9.17, 15) is 4.79 Å². The van der Waals surface area contributed by atoms with Gasteiger partial charge in [-0.15, -0.1) is 11.3 Å². The molecule has 0 bridgehead atoms. The number of fused-ring (bicyclic) bond motifs is 1. The van der Waals surface area contributed by atoms with Gasteiger partial charge in [0, 0.05) is 17.5 Å². The average Bonchev–Trinajstić information content (AvgIpc) is 3.19. The monoisotopic (exact) mass is 388 g/mol. The van der Waals surface area contributed by atoms with Crippen LogP contribution in [0, 0.1) is 0 Å². The van der Waals surface area contributed by atoms with Gasteiger partial charge in [0.2, 0.25) is 5.91 Å². The smallest absolute Gasteiger partial charge is 0.237 e. The van der Waals surface area contributed by atoms with Gasteiger partial charge in [0.25, 0.3) is 0 Å². The molecule has 0 saturated heterocycles. The molecule has 1 amide bonds. The number of nitrogens with zero attached hydrogens (tertiary/aromatic N) is 2. The second-order valence-corrected chi connectivity index (χ2v) is 8.15. The fraction of sp³-hybridized carbons (Fsp3) is 0.476. The third kappa shape index (κ3) is 3.96. The summed E-state index contributed by atoms with van der Waals surface area (Å²) in [5.74, 6) is 1.59. The van der Waals surface area contributed by atoms with Crippen molar-refractivity contribution in [3.8, 4) is 11.5 Å². The molecule has 2 heterocycles. The van der Waals surface area contributed by atoms with Crippen LogP contribution in [-0.2, 0) is 11.2 Å². The van der Waals surface area contributed by atoms with E-state index < -0.39 is 0 Å². The van der Waals surface area contributed by atoms with Crippen LogP contribution in [0.15, 0.2) is 29.6 Å². The van der Waals surface area contributed by atoms with Crippen LogP contribution in [0.5, 0.6) is 11.5 Å². The summed E-state index contributed by atoms with van der Waals surface area (Å²) >= 11 is 1.68. The molecule has 1 aliphatic rings. The van der Waals surface area contributed by atoms with Crippen LogP contribution in [0.25, 0.3) is 0 Å². The summed E-state index contributed by atoms with van der Waals surface area (Å²) in [7, 11) is 5.30. The molecule has 5 nitrogen and oxygen atoms in total. The first-order valence-corrected chi connectivity index (χ1v) is 10.1. The molecule has 146 valence electrons. The number of rotatable bonds is 6. The summed E-state index contributed by atoms with van der Waals surface area (Å²) in [6.07, 6.45) is 0.814. The lowest BCUT2D eigenvalue weighted by Crippen LogP contribution is -2.45. The van der Waals surface area contributed by atoms with Crippen molar-refractivity contribution < 1.29 is 14.3 Å². The van der Waals surface area contributed by atoms with Crippen LogP contribution in [0.1, 0.15) is 35.9 Å². The van der Waals surface area contributed by atoms with E-state index in [1.54, 1.807) is 25.6 Å². The van der Waals surface area contributed by atoms with Crippen LogP contribution >= 0.6 is 11.3 Å². The molecule has 1 unspecified atom stereocenters. The summed E-state index contributed by atoms with van der Waals surface area (Å²) in [5.41, 5.74) is 2.34. The van der Waals surface area contributed by atoms with E-state index in [0.29, 0.717) is 24.9 Å². The Morgan fingerprint density at radius 1 is 1.30 bits per heavy atom. The largest absolute Gasteiger partial charge is 0.493 e. The quantitative estimate of drug-likeness (QED) is 0.759. The van der Waals surface area contributed by atoms with Crippen LogP contribution < -0.4 is 9.47 Å². The molecule has 0 radical (unpaired) electrons. The van der Waals surface area contributed by atoms with Gasteiger partial charge >= 0.3 is 0 Å². The summed E-state index contributed by atoms with van der Waals surface area (Å²) in [4.78, 5) is 18.4. The molecule has 0 aliphatic carbocycles. The second-order valence-electron chi connectivity index (χ2n) is 7.17. The highest BCUT2D eigenvalue weighted by Crippen LogP contribution is 2.42. The lowest BCUT2D eigenvalue weighted by Gasteiger charge is -2.38. The van der Waals surface area contributed by atoms with E-state index >= 15 is 0 Å². The Hall–Kier alpha value is -2.05. The maximum atomic E-state index is 13.1. The SMILES string of the molecule is COc1cc2c(cc1OC)C(c1cccs1)N(C(=O)CN(C)C(C)C)CC2. The molecule has 6 heteroatoms. The highest BCUT2D eigenvalue weighted by Gasteiger charge is 2.34. The molecular weight excluding hydrogens is 360 g/mol. The lowest BCUT2D eigenvalue weighted by atomic mass is 9.90. The fourth-order valence-corrected chi connectivity index (χ4v) is 4.31. The minimum Gasteiger partial charge on any atom is -0.493 e. The predicted octanol–water partition coefficient (Wildman–Crippen LogP) is 3.58. The van der Waals surface area contributed by atoms with Gasteiger partial charge in [-0.3, -0.25) is 9.69 Å². The first kappa shape index (κ1) is 19.7. The van der Waals surface area contributed by atoms with E-state index in [1.165, 1.54) is 10.4 Å². The molecule has 0 N–H and O–H groups in total. The maximum absolute atomic E-state index is 13.1. The molecule has 2 aromatic rings. The fourth-order valence-electron chi connectivity index (χ4n) is 3.45. The van der Waals surface area contributed by atoms with Crippen LogP contribution in [-0.4, -0.2) is 56.1 Å². The number of methoxy groups -OCH3 is 2. The first-order valence-electron chi connectivity index (χ1n) is 9.24. The average molecular weight is 389 g/mol. The zero-order chi connectivity index (χ0) is 19.6. The summed E-state index contributed by atoms with van der Waals surface area (Å²) in [6.45, 7) is 5.33. The highest BCUT2D eigenvalue weighted by atomic mass is 32.1. The Kier molecular flexibility index (Phi) is 6.07. The van der Waals surface area contributed by atoms with Gasteiger partial charge in [0.1, 0.15) is 0 Å². The molecule has 1 aliphatic heterocycles. The molecule has 3 rings (SSSR count). The van der Waals surface area contributed by atoms with Gasteiger partial charge in [0.05, 0.1) is 26.8 Å². The summed E-state index contributed by atoms with van der Waals surface area (Å²) in [6, 6.07) is 8.48. The topological polar surface area (TPSA) is 42.0 Å². The van der Waals surface area contributed by atoms with Gasteiger partial charge in [-0.05, 0) is 62.0 Å². The van der Waals surface area contributed by atoms with E-state index in [1.807, 2.05) is 24.1 Å². The van der Waals surface area contributed by atoms with E-state index in [0.717, 1.165) is 17.7 Å². The van der Waals surface area contributed by atoms with Gasteiger partial charge in [-0.1, -0.05) is 6.07 Å². The van der Waals surface area contributed by atoms with Gasteiger partial charge in [0.15, 0.2) is 11.5 Å². The van der Waals surface area contributed by atoms with Crippen LogP contribution in [0.2, 0.25) is 0 Å². The molecule has 0 saturated carbocycles. The number of ether oxygens (including phenoxy) is 2. The standard InChI is InChI=1S/C21H28N2O3S/c1-14(2)22(3)13-20(24)23-9-8-15-11-17(25-4)18(26-5)12-16(15)21(23)19-7-6-10-27-19/h6-7,10-12,14,21H,8-9,13H2,1-5H3. The Morgan fingerprint density at radius 3 is 2.59 bits per heavy atom. The summed E-state index contributed by atoms with van der Waals surface area (Å²) < 4.78 is 11.0. The second kappa shape index (κ2) is 8.31. The van der Waals surface area contributed by atoms with Gasteiger partial charge in [-0.25, -0.2) is 0 Å². The van der Waals surface area contributed by atoms with Crippen LogP contribution in [0.4, 0.5) is 0 Å². The predicted molar refractivity (Wildman–Crippen MR) is 109 cm³/mol. The normalized spacial score (nSPS) is 16.6. The number of benzene rings is 1. The van der Waals surface area contributed by atoms with Crippen molar-refractivity contribution in [1.29, 1.82) is 0 Å². The van der Waals surface area contributed by atoms with Crippen molar-refractivity contribution in [3.05, 3.63) is 45.6 Å². The number of thiophene rings is 1. The van der Waals surface area contributed by atoms with Crippen molar-refractivity contribution >= 4 is 17.2 Å². The molecule has 1 atom stereocenters. The number of hydrogen-bond donors (Lipinski definition) is 0. The molecule has 0 spiro atoms. The third-order valence-electron chi connectivity index (χ3n) is 5.27. The minimum atomic E-state index is -0.0818. The van der Waals surface area contributed by atoms with Crippen molar-refractivity contribution in [2.45, 2.75) is 32.4 Å². The van der Waals surface area contributed by atoms with E-state index in [2.05, 4.69) is 36.3 Å².